The van der Waals surface area contributed by atoms with E-state index in [4.69, 9.17) is 43.9 Å². The molecule has 8 nitrogen and oxygen atoms in total. The minimum absolute atomic E-state index is 0.446. The summed E-state index contributed by atoms with van der Waals surface area (Å²) in [5.41, 5.74) is 13.0. The number of imidazole rings is 1. The van der Waals surface area contributed by atoms with Crippen molar-refractivity contribution in [2.45, 2.75) is 69.4 Å². The Morgan fingerprint density at radius 1 is 0.673 bits per heavy atom. The van der Waals surface area contributed by atoms with Gasteiger partial charge in [-0.1, -0.05) is 47.5 Å². The topological polar surface area (TPSA) is 107 Å². The summed E-state index contributed by atoms with van der Waals surface area (Å²) >= 11 is 12.2. The van der Waals surface area contributed by atoms with Crippen molar-refractivity contribution in [1.82, 2.24) is 29.5 Å². The van der Waals surface area contributed by atoms with E-state index in [0.29, 0.717) is 35.5 Å². The van der Waals surface area contributed by atoms with Crippen LogP contribution in [0.5, 0.6) is 0 Å². The van der Waals surface area contributed by atoms with Crippen LogP contribution in [0.4, 0.5) is 11.5 Å². The van der Waals surface area contributed by atoms with Gasteiger partial charge in [0.15, 0.2) is 5.65 Å². The molecule has 3 fully saturated rings. The second-order valence-electron chi connectivity index (χ2n) is 14.8. The fourth-order valence-corrected chi connectivity index (χ4v) is 8.18. The van der Waals surface area contributed by atoms with Gasteiger partial charge in [0, 0.05) is 62.6 Å². The van der Waals surface area contributed by atoms with Crippen molar-refractivity contribution in [1.29, 1.82) is 0 Å². The molecule has 0 atom stereocenters. The number of hydrogen-bond acceptors (Lipinski definition) is 7. The van der Waals surface area contributed by atoms with Crippen LogP contribution >= 0.6 is 23.2 Å². The predicted molar refractivity (Wildman–Crippen MR) is 211 cm³/mol. The summed E-state index contributed by atoms with van der Waals surface area (Å²) in [5.74, 6) is 4.01. The van der Waals surface area contributed by atoms with Gasteiger partial charge in [0.05, 0.1) is 16.7 Å². The summed E-state index contributed by atoms with van der Waals surface area (Å²) in [5, 5.41) is 7.17. The van der Waals surface area contributed by atoms with Gasteiger partial charge in [-0.15, -0.1) is 0 Å². The van der Waals surface area contributed by atoms with Crippen LogP contribution in [0, 0.1) is 11.8 Å². The minimum Gasteiger partial charge on any atom is -0.396 e. The van der Waals surface area contributed by atoms with E-state index in [1.54, 1.807) is 6.20 Å². The van der Waals surface area contributed by atoms with Crippen molar-refractivity contribution in [3.8, 4) is 0 Å². The number of nitrogens with one attached hydrogen (secondary N) is 1. The third-order valence-electron chi connectivity index (χ3n) is 10.8. The lowest BCUT2D eigenvalue weighted by atomic mass is 9.77. The first kappa shape index (κ1) is 33.1. The van der Waals surface area contributed by atoms with Crippen molar-refractivity contribution in [3.63, 3.8) is 0 Å². The van der Waals surface area contributed by atoms with Crippen molar-refractivity contribution in [2.75, 3.05) is 11.1 Å². The molecular formula is C42H40Cl2N8. The number of hydrogen-bond donors (Lipinski definition) is 2. The van der Waals surface area contributed by atoms with Gasteiger partial charge in [-0.25, -0.2) is 15.0 Å². The number of halogens is 2. The van der Waals surface area contributed by atoms with Crippen LogP contribution in [-0.2, 0) is 12.8 Å². The van der Waals surface area contributed by atoms with Gasteiger partial charge in [0.1, 0.15) is 17.2 Å². The average Bonchev–Trinajstić information content (AvgIpc) is 3.90. The van der Waals surface area contributed by atoms with Gasteiger partial charge in [-0.2, -0.15) is 0 Å². The number of rotatable bonds is 8. The molecule has 5 heterocycles. The SMILES string of the molecule is Clc1ccc2ccc(CC3CC(n4c(C5CC5)nc5cccnc54)C3)nc2c1.Nc1cccnc1NC1CC(Cc2ccc3ccc(Cl)cc3n2)C1. The Labute approximate surface area is 312 Å². The van der Waals surface area contributed by atoms with Crippen LogP contribution in [0.15, 0.2) is 97.3 Å². The Hall–Kier alpha value is -4.79. The molecule has 262 valence electrons. The maximum Gasteiger partial charge on any atom is 0.160 e. The van der Waals surface area contributed by atoms with E-state index in [-0.39, 0.29) is 0 Å². The first-order valence-electron chi connectivity index (χ1n) is 18.3. The van der Waals surface area contributed by atoms with Crippen molar-refractivity contribution in [3.05, 3.63) is 125 Å². The molecule has 0 saturated heterocycles. The number of fused-ring (bicyclic) bond motifs is 3. The molecule has 10 heteroatoms. The van der Waals surface area contributed by atoms with E-state index >= 15 is 0 Å². The molecule has 0 radical (unpaired) electrons. The largest absolute Gasteiger partial charge is 0.396 e. The summed E-state index contributed by atoms with van der Waals surface area (Å²) in [6, 6.07) is 29.1. The molecule has 10 rings (SSSR count). The lowest BCUT2D eigenvalue weighted by Gasteiger charge is -2.37. The molecule has 3 N–H and O–H groups in total. The lowest BCUT2D eigenvalue weighted by molar-refractivity contribution is 0.195. The Morgan fingerprint density at radius 2 is 1.27 bits per heavy atom. The number of benzene rings is 2. The number of anilines is 2. The van der Waals surface area contributed by atoms with Gasteiger partial charge >= 0.3 is 0 Å². The van der Waals surface area contributed by atoms with Crippen LogP contribution in [0.3, 0.4) is 0 Å². The molecule has 7 aromatic rings. The van der Waals surface area contributed by atoms with Crippen molar-refractivity contribution in [2.24, 2.45) is 11.8 Å². The second-order valence-corrected chi connectivity index (χ2v) is 15.6. The standard InChI is InChI=1S/C23H21ClN4.C19H19ClN4/c24-17-7-5-15-6-8-18(26-21(15)13-17)10-14-11-19(12-14)28-22(16-3-4-16)27-20-2-1-9-25-23(20)28;20-14-5-3-13-4-6-15(23-18(13)11-14)8-12-9-16(10-12)24-19-17(21)2-1-7-22-19/h1-2,5-9,13-14,16,19H,3-4,10-12H2;1-7,11-12,16H,8-10,21H2,(H,22,24). The molecule has 3 aliphatic carbocycles. The number of nitrogen functional groups attached to an aromatic ring is 1. The Balaban J connectivity index is 0.000000140. The van der Waals surface area contributed by atoms with Gasteiger partial charge in [0.25, 0.3) is 0 Å². The highest BCUT2D eigenvalue weighted by molar-refractivity contribution is 6.31. The molecule has 52 heavy (non-hydrogen) atoms. The van der Waals surface area contributed by atoms with E-state index in [0.717, 1.165) is 85.9 Å². The molecule has 0 spiro atoms. The van der Waals surface area contributed by atoms with Crippen LogP contribution in [0.25, 0.3) is 33.0 Å². The Kier molecular flexibility index (Phi) is 8.89. The van der Waals surface area contributed by atoms with E-state index in [1.165, 1.54) is 31.5 Å². The van der Waals surface area contributed by atoms with E-state index in [2.05, 4.69) is 50.2 Å². The minimum atomic E-state index is 0.446. The third-order valence-corrected chi connectivity index (χ3v) is 11.3. The average molecular weight is 728 g/mol. The summed E-state index contributed by atoms with van der Waals surface area (Å²) in [6.07, 6.45) is 12.8. The zero-order valence-corrected chi connectivity index (χ0v) is 30.3. The number of aromatic nitrogens is 6. The third kappa shape index (κ3) is 7.02. The zero-order chi connectivity index (χ0) is 35.2. The first-order chi connectivity index (χ1) is 25.4. The summed E-state index contributed by atoms with van der Waals surface area (Å²) in [4.78, 5) is 23.4. The number of nitrogens with zero attached hydrogens (tertiary/aromatic N) is 6. The van der Waals surface area contributed by atoms with Gasteiger partial charge in [-0.05, 0) is 124 Å². The summed E-state index contributed by atoms with van der Waals surface area (Å²) in [7, 11) is 0. The highest BCUT2D eigenvalue weighted by Gasteiger charge is 2.37. The van der Waals surface area contributed by atoms with Gasteiger partial charge in [-0.3, -0.25) is 9.97 Å². The van der Waals surface area contributed by atoms with Crippen molar-refractivity contribution >= 4 is 67.7 Å². The molecule has 0 aliphatic heterocycles. The van der Waals surface area contributed by atoms with Crippen LogP contribution in [-0.4, -0.2) is 35.5 Å². The maximum absolute atomic E-state index is 6.13. The Bertz CT molecular complexity index is 2390. The van der Waals surface area contributed by atoms with E-state index in [9.17, 15) is 0 Å². The molecule has 0 amide bonds. The van der Waals surface area contributed by atoms with Crippen molar-refractivity contribution < 1.29 is 0 Å². The van der Waals surface area contributed by atoms with E-state index < -0.39 is 0 Å². The fraction of sp³-hybridized carbons (Fsp3) is 0.310. The van der Waals surface area contributed by atoms with Crippen LogP contribution in [0.1, 0.15) is 67.7 Å². The Morgan fingerprint density at radius 3 is 1.90 bits per heavy atom. The number of nitrogens with two attached hydrogens (primary N) is 1. The lowest BCUT2D eigenvalue weighted by Crippen LogP contribution is -2.37. The second kappa shape index (κ2) is 14.0. The van der Waals surface area contributed by atoms with Crippen LogP contribution < -0.4 is 11.1 Å². The van der Waals surface area contributed by atoms with Gasteiger partial charge in [0.2, 0.25) is 0 Å². The first-order valence-corrected chi connectivity index (χ1v) is 19.1. The predicted octanol–water partition coefficient (Wildman–Crippen LogP) is 10.0. The molecule has 0 unspecified atom stereocenters. The highest BCUT2D eigenvalue weighted by Crippen LogP contribution is 2.47. The molecule has 3 saturated carbocycles. The monoisotopic (exact) mass is 726 g/mol. The normalized spacial score (nSPS) is 21.0. The molecule has 5 aromatic heterocycles. The molecule has 0 bridgehead atoms. The van der Waals surface area contributed by atoms with Crippen LogP contribution in [0.2, 0.25) is 10.0 Å². The smallest absolute Gasteiger partial charge is 0.160 e. The highest BCUT2D eigenvalue weighted by atomic mass is 35.5. The molecule has 3 aliphatic rings. The number of pyridine rings is 4. The van der Waals surface area contributed by atoms with Gasteiger partial charge < -0.3 is 15.6 Å². The van der Waals surface area contributed by atoms with E-state index in [1.807, 2.05) is 60.8 Å². The summed E-state index contributed by atoms with van der Waals surface area (Å²) < 4.78 is 2.44. The quantitative estimate of drug-likeness (QED) is 0.160. The molecule has 2 aromatic carbocycles. The fourth-order valence-electron chi connectivity index (χ4n) is 7.85. The summed E-state index contributed by atoms with van der Waals surface area (Å²) in [6.45, 7) is 0. The molecular weight excluding hydrogens is 687 g/mol. The zero-order valence-electron chi connectivity index (χ0n) is 28.8. The maximum atomic E-state index is 6.13.